The molecule has 1 fully saturated rings. The Balaban J connectivity index is 1.58. The molecule has 128 valence electrons. The van der Waals surface area contributed by atoms with Gasteiger partial charge in [0.25, 0.3) is 5.91 Å². The Labute approximate surface area is 139 Å². The fraction of sp³-hybridized carbons (Fsp3) is 0.389. The van der Waals surface area contributed by atoms with Crippen molar-refractivity contribution >= 4 is 5.91 Å². The normalized spacial score (nSPS) is 17.8. The van der Waals surface area contributed by atoms with Crippen molar-refractivity contribution in [2.75, 3.05) is 19.7 Å². The Morgan fingerprint density at radius 3 is 2.83 bits per heavy atom. The summed E-state index contributed by atoms with van der Waals surface area (Å²) in [5.41, 5.74) is 0. The molecule has 1 aromatic carbocycles. The lowest BCUT2D eigenvalue weighted by molar-refractivity contribution is 0.0586. The third-order valence-electron chi connectivity index (χ3n) is 4.13. The SMILES string of the molecule is O=C(c1ccc(COc2ccc(F)cc2)o1)N1CCCC(CO)C1. The Bertz CT molecular complexity index is 683. The topological polar surface area (TPSA) is 62.9 Å². The summed E-state index contributed by atoms with van der Waals surface area (Å²) in [5.74, 6) is 0.975. The molecule has 3 rings (SSSR count). The summed E-state index contributed by atoms with van der Waals surface area (Å²) in [6.45, 7) is 1.49. The second kappa shape index (κ2) is 7.49. The quantitative estimate of drug-likeness (QED) is 0.914. The monoisotopic (exact) mass is 333 g/mol. The number of rotatable bonds is 5. The molecule has 0 saturated carbocycles. The van der Waals surface area contributed by atoms with Crippen molar-refractivity contribution in [1.82, 2.24) is 4.90 Å². The number of furan rings is 1. The highest BCUT2D eigenvalue weighted by Gasteiger charge is 2.25. The fourth-order valence-corrected chi connectivity index (χ4v) is 2.81. The standard InChI is InChI=1S/C18H20FNO4/c19-14-3-5-15(6-4-14)23-12-16-7-8-17(24-16)18(22)20-9-1-2-13(10-20)11-21/h3-8,13,21H,1-2,9-12H2. The summed E-state index contributed by atoms with van der Waals surface area (Å²) in [6, 6.07) is 9.04. The van der Waals surface area contributed by atoms with Crippen LogP contribution in [-0.4, -0.2) is 35.6 Å². The number of carbonyl (C=O) groups is 1. The molecule has 2 heterocycles. The van der Waals surface area contributed by atoms with Gasteiger partial charge in [0.1, 0.15) is 23.9 Å². The lowest BCUT2D eigenvalue weighted by Crippen LogP contribution is -2.40. The second-order valence-corrected chi connectivity index (χ2v) is 5.95. The molecule has 1 aromatic heterocycles. The number of hydrogen-bond acceptors (Lipinski definition) is 4. The van der Waals surface area contributed by atoms with Crippen LogP contribution in [0.25, 0.3) is 0 Å². The number of aliphatic hydroxyl groups excluding tert-OH is 1. The van der Waals surface area contributed by atoms with Gasteiger partial charge in [0.05, 0.1) is 0 Å². The molecule has 6 heteroatoms. The van der Waals surface area contributed by atoms with Gasteiger partial charge < -0.3 is 19.2 Å². The molecule has 24 heavy (non-hydrogen) atoms. The first kappa shape index (κ1) is 16.5. The minimum absolute atomic E-state index is 0.0959. The van der Waals surface area contributed by atoms with E-state index < -0.39 is 0 Å². The number of carbonyl (C=O) groups excluding carboxylic acids is 1. The number of aliphatic hydroxyl groups is 1. The molecule has 2 aromatic rings. The first-order valence-electron chi connectivity index (χ1n) is 8.03. The number of nitrogens with zero attached hydrogens (tertiary/aromatic N) is 1. The van der Waals surface area contributed by atoms with Crippen LogP contribution >= 0.6 is 0 Å². The zero-order valence-electron chi connectivity index (χ0n) is 13.3. The van der Waals surface area contributed by atoms with Gasteiger partial charge in [0.15, 0.2) is 5.76 Å². The van der Waals surface area contributed by atoms with Crippen LogP contribution in [0.3, 0.4) is 0 Å². The summed E-state index contributed by atoms with van der Waals surface area (Å²) >= 11 is 0. The van der Waals surface area contributed by atoms with E-state index in [1.807, 2.05) is 0 Å². The van der Waals surface area contributed by atoms with E-state index in [1.54, 1.807) is 17.0 Å². The average Bonchev–Trinajstić information content (AvgIpc) is 3.09. The molecule has 0 bridgehead atoms. The summed E-state index contributed by atoms with van der Waals surface area (Å²) in [7, 11) is 0. The zero-order valence-corrected chi connectivity index (χ0v) is 13.3. The molecule has 5 nitrogen and oxygen atoms in total. The number of amides is 1. The Morgan fingerprint density at radius 2 is 2.08 bits per heavy atom. The summed E-state index contributed by atoms with van der Waals surface area (Å²) in [5, 5.41) is 9.26. The zero-order chi connectivity index (χ0) is 16.9. The summed E-state index contributed by atoms with van der Waals surface area (Å²) in [6.07, 6.45) is 1.83. The van der Waals surface area contributed by atoms with Gasteiger partial charge in [-0.1, -0.05) is 0 Å². The van der Waals surface area contributed by atoms with Gasteiger partial charge in [-0.2, -0.15) is 0 Å². The van der Waals surface area contributed by atoms with Crippen LogP contribution in [0, 0.1) is 11.7 Å². The molecule has 0 aliphatic carbocycles. The van der Waals surface area contributed by atoms with Gasteiger partial charge in [-0.3, -0.25) is 4.79 Å². The van der Waals surface area contributed by atoms with Crippen molar-refractivity contribution < 1.29 is 23.4 Å². The van der Waals surface area contributed by atoms with Gasteiger partial charge >= 0.3 is 0 Å². The van der Waals surface area contributed by atoms with Crippen molar-refractivity contribution in [2.24, 2.45) is 5.92 Å². The third kappa shape index (κ3) is 3.94. The van der Waals surface area contributed by atoms with Crippen LogP contribution in [0.4, 0.5) is 4.39 Å². The van der Waals surface area contributed by atoms with Crippen LogP contribution in [0.2, 0.25) is 0 Å². The number of benzene rings is 1. The molecular formula is C18H20FNO4. The largest absolute Gasteiger partial charge is 0.486 e. The summed E-state index contributed by atoms with van der Waals surface area (Å²) < 4.78 is 23.9. The Kier molecular flexibility index (Phi) is 5.15. The molecule has 1 amide bonds. The van der Waals surface area contributed by atoms with E-state index in [-0.39, 0.29) is 36.6 Å². The number of ether oxygens (including phenoxy) is 1. The van der Waals surface area contributed by atoms with Gasteiger partial charge in [-0.15, -0.1) is 0 Å². The minimum atomic E-state index is -0.323. The lowest BCUT2D eigenvalue weighted by atomic mass is 9.99. The van der Waals surface area contributed by atoms with E-state index in [0.29, 0.717) is 24.6 Å². The number of piperidine rings is 1. The fourth-order valence-electron chi connectivity index (χ4n) is 2.81. The molecule has 1 unspecified atom stereocenters. The number of halogens is 1. The van der Waals surface area contributed by atoms with Crippen LogP contribution in [-0.2, 0) is 6.61 Å². The van der Waals surface area contributed by atoms with E-state index in [4.69, 9.17) is 9.15 Å². The third-order valence-corrected chi connectivity index (χ3v) is 4.13. The van der Waals surface area contributed by atoms with E-state index in [2.05, 4.69) is 0 Å². The molecule has 1 saturated heterocycles. The maximum atomic E-state index is 12.8. The van der Waals surface area contributed by atoms with Gasteiger partial charge in [0, 0.05) is 19.7 Å². The van der Waals surface area contributed by atoms with E-state index in [9.17, 15) is 14.3 Å². The maximum absolute atomic E-state index is 12.8. The van der Waals surface area contributed by atoms with Crippen molar-refractivity contribution in [3.8, 4) is 5.75 Å². The molecule has 1 aliphatic heterocycles. The van der Waals surface area contributed by atoms with E-state index in [1.165, 1.54) is 24.3 Å². The molecule has 1 N–H and O–H groups in total. The average molecular weight is 333 g/mol. The van der Waals surface area contributed by atoms with E-state index in [0.717, 1.165) is 12.8 Å². The second-order valence-electron chi connectivity index (χ2n) is 5.95. The maximum Gasteiger partial charge on any atom is 0.289 e. The molecule has 0 radical (unpaired) electrons. The van der Waals surface area contributed by atoms with Crippen molar-refractivity contribution in [3.05, 3.63) is 53.7 Å². The predicted molar refractivity (Wildman–Crippen MR) is 85.2 cm³/mol. The van der Waals surface area contributed by atoms with E-state index >= 15 is 0 Å². The highest BCUT2D eigenvalue weighted by Crippen LogP contribution is 2.20. The Hall–Kier alpha value is -2.34. The van der Waals surface area contributed by atoms with Crippen molar-refractivity contribution in [2.45, 2.75) is 19.4 Å². The van der Waals surface area contributed by atoms with Gasteiger partial charge in [-0.05, 0) is 55.2 Å². The van der Waals surface area contributed by atoms with Crippen molar-refractivity contribution in [3.63, 3.8) is 0 Å². The van der Waals surface area contributed by atoms with Gasteiger partial charge in [-0.25, -0.2) is 4.39 Å². The predicted octanol–water partition coefficient (Wildman–Crippen LogP) is 2.84. The minimum Gasteiger partial charge on any atom is -0.486 e. The van der Waals surface area contributed by atoms with Crippen LogP contribution in [0.1, 0.15) is 29.2 Å². The number of hydrogen-bond donors (Lipinski definition) is 1. The molecule has 0 spiro atoms. The first-order valence-corrected chi connectivity index (χ1v) is 8.03. The first-order chi connectivity index (χ1) is 11.7. The summed E-state index contributed by atoms with van der Waals surface area (Å²) in [4.78, 5) is 14.2. The van der Waals surface area contributed by atoms with Crippen LogP contribution in [0.5, 0.6) is 5.75 Å². The molecular weight excluding hydrogens is 313 g/mol. The van der Waals surface area contributed by atoms with Crippen LogP contribution in [0.15, 0.2) is 40.8 Å². The lowest BCUT2D eigenvalue weighted by Gasteiger charge is -2.31. The Morgan fingerprint density at radius 1 is 1.29 bits per heavy atom. The smallest absolute Gasteiger partial charge is 0.289 e. The van der Waals surface area contributed by atoms with Gasteiger partial charge in [0.2, 0.25) is 0 Å². The van der Waals surface area contributed by atoms with Crippen LogP contribution < -0.4 is 4.74 Å². The number of likely N-dealkylation sites (tertiary alicyclic amines) is 1. The molecule has 1 atom stereocenters. The molecule has 1 aliphatic rings. The highest BCUT2D eigenvalue weighted by atomic mass is 19.1. The van der Waals surface area contributed by atoms with Crippen molar-refractivity contribution in [1.29, 1.82) is 0 Å². The highest BCUT2D eigenvalue weighted by molar-refractivity contribution is 5.91.